The van der Waals surface area contributed by atoms with Crippen molar-refractivity contribution in [2.45, 2.75) is 6.92 Å². The number of carbonyl (C=O) groups is 1. The van der Waals surface area contributed by atoms with E-state index in [4.69, 9.17) is 14.5 Å². The number of nitrogens with one attached hydrogen (secondary N) is 1. The minimum Gasteiger partial charge on any atom is -0.497 e. The fourth-order valence-corrected chi connectivity index (χ4v) is 4.04. The van der Waals surface area contributed by atoms with Crippen LogP contribution in [0.4, 0.5) is 5.69 Å². The van der Waals surface area contributed by atoms with Crippen LogP contribution in [0.1, 0.15) is 16.1 Å². The molecule has 0 saturated heterocycles. The van der Waals surface area contributed by atoms with Crippen molar-refractivity contribution in [1.29, 1.82) is 0 Å². The number of benzene rings is 2. The van der Waals surface area contributed by atoms with Crippen molar-refractivity contribution in [3.63, 3.8) is 0 Å². The number of aromatic nitrogens is 4. The highest BCUT2D eigenvalue weighted by molar-refractivity contribution is 6.03. The second-order valence-corrected chi connectivity index (χ2v) is 8.18. The molecule has 0 aliphatic rings. The van der Waals surface area contributed by atoms with Gasteiger partial charge < -0.3 is 19.2 Å². The van der Waals surface area contributed by atoms with Crippen LogP contribution in [0.5, 0.6) is 11.5 Å². The molecule has 3 aromatic heterocycles. The van der Waals surface area contributed by atoms with Crippen LogP contribution in [0.25, 0.3) is 28.2 Å². The zero-order valence-electron chi connectivity index (χ0n) is 19.9. The van der Waals surface area contributed by atoms with Crippen molar-refractivity contribution in [2.75, 3.05) is 19.5 Å². The normalized spacial score (nSPS) is 11.0. The summed E-state index contributed by atoms with van der Waals surface area (Å²) in [7, 11) is 4.93. The van der Waals surface area contributed by atoms with E-state index in [1.54, 1.807) is 32.0 Å². The van der Waals surface area contributed by atoms with Gasteiger partial charge in [0.2, 0.25) is 0 Å². The van der Waals surface area contributed by atoms with Gasteiger partial charge in [0.05, 0.1) is 25.6 Å². The molecule has 0 aliphatic carbocycles. The SMILES string of the molecule is COc1ccc(OC)c(-c2cc(C(=O)Nc3ccc(-c4cn5cccc(C)c5n4)cc3)n(C)n2)c1. The molecule has 0 fully saturated rings. The zero-order valence-corrected chi connectivity index (χ0v) is 19.9. The summed E-state index contributed by atoms with van der Waals surface area (Å²) >= 11 is 0. The van der Waals surface area contributed by atoms with E-state index in [0.717, 1.165) is 28.0 Å². The molecule has 35 heavy (non-hydrogen) atoms. The molecule has 0 aliphatic heterocycles. The molecule has 8 nitrogen and oxygen atoms in total. The van der Waals surface area contributed by atoms with Crippen LogP contribution >= 0.6 is 0 Å². The molecule has 0 unspecified atom stereocenters. The maximum Gasteiger partial charge on any atom is 0.273 e. The Balaban J connectivity index is 1.37. The highest BCUT2D eigenvalue weighted by Gasteiger charge is 2.18. The van der Waals surface area contributed by atoms with Gasteiger partial charge in [0.1, 0.15) is 22.8 Å². The number of methoxy groups -OCH3 is 2. The van der Waals surface area contributed by atoms with E-state index in [-0.39, 0.29) is 5.91 Å². The lowest BCUT2D eigenvalue weighted by Gasteiger charge is -2.08. The molecule has 5 rings (SSSR count). The van der Waals surface area contributed by atoms with Crippen molar-refractivity contribution in [1.82, 2.24) is 19.2 Å². The van der Waals surface area contributed by atoms with E-state index < -0.39 is 0 Å². The van der Waals surface area contributed by atoms with E-state index in [1.807, 2.05) is 78.3 Å². The first-order valence-electron chi connectivity index (χ1n) is 11.1. The van der Waals surface area contributed by atoms with E-state index in [9.17, 15) is 4.79 Å². The van der Waals surface area contributed by atoms with Gasteiger partial charge in [-0.1, -0.05) is 18.2 Å². The highest BCUT2D eigenvalue weighted by atomic mass is 16.5. The Morgan fingerprint density at radius 2 is 1.77 bits per heavy atom. The fourth-order valence-electron chi connectivity index (χ4n) is 4.04. The van der Waals surface area contributed by atoms with Gasteiger partial charge in [-0.2, -0.15) is 5.10 Å². The van der Waals surface area contributed by atoms with Gasteiger partial charge in [0.25, 0.3) is 5.91 Å². The average Bonchev–Trinajstić information content (AvgIpc) is 3.49. The molecule has 0 radical (unpaired) electrons. The molecular weight excluding hydrogens is 442 g/mol. The first kappa shape index (κ1) is 22.2. The lowest BCUT2D eigenvalue weighted by Crippen LogP contribution is -2.15. The number of imidazole rings is 1. The van der Waals surface area contributed by atoms with Crippen molar-refractivity contribution in [2.24, 2.45) is 7.05 Å². The standard InChI is InChI=1S/C27H25N5O3/c1-17-6-5-13-32-16-23(29-26(17)32)18-7-9-19(10-8-18)28-27(33)24-15-22(30-31(24)2)21-14-20(34-3)11-12-25(21)35-4/h5-16H,1-4H3,(H,28,33). The number of aryl methyl sites for hydroxylation is 2. The summed E-state index contributed by atoms with van der Waals surface area (Å²) in [5.41, 5.74) is 6.36. The van der Waals surface area contributed by atoms with Gasteiger partial charge >= 0.3 is 0 Å². The maximum atomic E-state index is 13.0. The predicted molar refractivity (Wildman–Crippen MR) is 135 cm³/mol. The number of anilines is 1. The Bertz CT molecular complexity index is 1530. The van der Waals surface area contributed by atoms with Crippen LogP contribution in [0.15, 0.2) is 73.1 Å². The Hall–Kier alpha value is -4.59. The van der Waals surface area contributed by atoms with E-state index >= 15 is 0 Å². The summed E-state index contributed by atoms with van der Waals surface area (Å²) in [6.45, 7) is 2.04. The molecule has 2 aromatic carbocycles. The van der Waals surface area contributed by atoms with Crippen LogP contribution < -0.4 is 14.8 Å². The van der Waals surface area contributed by atoms with Gasteiger partial charge in [-0.15, -0.1) is 0 Å². The topological polar surface area (TPSA) is 82.7 Å². The summed E-state index contributed by atoms with van der Waals surface area (Å²) in [6.07, 6.45) is 3.98. The fraction of sp³-hybridized carbons (Fsp3) is 0.148. The summed E-state index contributed by atoms with van der Waals surface area (Å²) < 4.78 is 14.4. The van der Waals surface area contributed by atoms with Crippen molar-refractivity contribution in [3.05, 3.63) is 84.3 Å². The van der Waals surface area contributed by atoms with E-state index in [0.29, 0.717) is 28.6 Å². The van der Waals surface area contributed by atoms with Gasteiger partial charge in [-0.3, -0.25) is 9.48 Å². The first-order valence-corrected chi connectivity index (χ1v) is 11.1. The minimum absolute atomic E-state index is 0.260. The number of hydrogen-bond acceptors (Lipinski definition) is 5. The Kier molecular flexibility index (Phi) is 5.70. The molecule has 5 aromatic rings. The Morgan fingerprint density at radius 1 is 0.971 bits per heavy atom. The molecule has 0 spiro atoms. The molecule has 0 saturated carbocycles. The average molecular weight is 468 g/mol. The van der Waals surface area contributed by atoms with E-state index in [2.05, 4.69) is 10.4 Å². The number of fused-ring (bicyclic) bond motifs is 1. The van der Waals surface area contributed by atoms with Gasteiger partial charge in [-0.05, 0) is 55.0 Å². The number of rotatable bonds is 6. The number of hydrogen-bond donors (Lipinski definition) is 1. The summed E-state index contributed by atoms with van der Waals surface area (Å²) in [5, 5.41) is 7.47. The summed E-state index contributed by atoms with van der Waals surface area (Å²) in [4.78, 5) is 17.8. The van der Waals surface area contributed by atoms with Crippen LogP contribution in [-0.2, 0) is 7.05 Å². The maximum absolute atomic E-state index is 13.0. The van der Waals surface area contributed by atoms with Crippen molar-refractivity contribution < 1.29 is 14.3 Å². The molecule has 1 amide bonds. The molecule has 0 bridgehead atoms. The molecule has 8 heteroatoms. The minimum atomic E-state index is -0.260. The highest BCUT2D eigenvalue weighted by Crippen LogP contribution is 2.33. The lowest BCUT2D eigenvalue weighted by molar-refractivity contribution is 0.101. The summed E-state index contributed by atoms with van der Waals surface area (Å²) in [5.74, 6) is 1.07. The van der Waals surface area contributed by atoms with E-state index in [1.165, 1.54) is 0 Å². The third-order valence-electron chi connectivity index (χ3n) is 5.91. The quantitative estimate of drug-likeness (QED) is 0.381. The molecule has 3 heterocycles. The largest absolute Gasteiger partial charge is 0.497 e. The Labute approximate surface area is 202 Å². The number of ether oxygens (including phenoxy) is 2. The van der Waals surface area contributed by atoms with Gasteiger partial charge in [0, 0.05) is 36.3 Å². The molecular formula is C27H25N5O3. The number of carbonyl (C=O) groups excluding carboxylic acids is 1. The second-order valence-electron chi connectivity index (χ2n) is 8.18. The lowest BCUT2D eigenvalue weighted by atomic mass is 10.1. The second kappa shape index (κ2) is 8.98. The third kappa shape index (κ3) is 4.21. The third-order valence-corrected chi connectivity index (χ3v) is 5.91. The molecule has 0 atom stereocenters. The monoisotopic (exact) mass is 467 g/mol. The molecule has 1 N–H and O–H groups in total. The van der Waals surface area contributed by atoms with Crippen LogP contribution in [0.3, 0.4) is 0 Å². The number of nitrogens with zero attached hydrogens (tertiary/aromatic N) is 4. The smallest absolute Gasteiger partial charge is 0.273 e. The van der Waals surface area contributed by atoms with Crippen LogP contribution in [0, 0.1) is 6.92 Å². The number of pyridine rings is 1. The number of amides is 1. The van der Waals surface area contributed by atoms with Crippen LogP contribution in [0.2, 0.25) is 0 Å². The van der Waals surface area contributed by atoms with Crippen LogP contribution in [-0.4, -0.2) is 39.3 Å². The molecule has 176 valence electrons. The van der Waals surface area contributed by atoms with Gasteiger partial charge in [0.15, 0.2) is 0 Å². The van der Waals surface area contributed by atoms with Gasteiger partial charge in [-0.25, -0.2) is 4.98 Å². The van der Waals surface area contributed by atoms with Crippen molar-refractivity contribution >= 4 is 17.2 Å². The first-order chi connectivity index (χ1) is 17.0. The predicted octanol–water partition coefficient (Wildman–Crippen LogP) is 4.98. The Morgan fingerprint density at radius 3 is 2.49 bits per heavy atom. The zero-order chi connectivity index (χ0) is 24.5. The summed E-state index contributed by atoms with van der Waals surface area (Å²) in [6, 6.07) is 18.9. The van der Waals surface area contributed by atoms with Crippen molar-refractivity contribution in [3.8, 4) is 34.0 Å².